The third kappa shape index (κ3) is 3.05. The van der Waals surface area contributed by atoms with Crippen LogP contribution in [0.3, 0.4) is 0 Å². The van der Waals surface area contributed by atoms with Gasteiger partial charge in [-0.3, -0.25) is 0 Å². The van der Waals surface area contributed by atoms with Crippen molar-refractivity contribution in [2.24, 2.45) is 0 Å². The Balaban J connectivity index is 1.45. The van der Waals surface area contributed by atoms with Gasteiger partial charge in [-0.1, -0.05) is 6.07 Å². The summed E-state index contributed by atoms with van der Waals surface area (Å²) in [6, 6.07) is 5.85. The molecule has 0 saturated heterocycles. The van der Waals surface area contributed by atoms with Gasteiger partial charge in [0.1, 0.15) is 0 Å². The second-order valence-corrected chi connectivity index (χ2v) is 7.83. The Morgan fingerprint density at radius 1 is 1.25 bits per heavy atom. The third-order valence-electron chi connectivity index (χ3n) is 3.82. The molecule has 2 heterocycles. The van der Waals surface area contributed by atoms with E-state index in [2.05, 4.69) is 38.9 Å². The summed E-state index contributed by atoms with van der Waals surface area (Å²) in [6.45, 7) is 2.01. The molecule has 0 amide bonds. The van der Waals surface area contributed by atoms with Crippen LogP contribution in [0.15, 0.2) is 23.7 Å². The summed E-state index contributed by atoms with van der Waals surface area (Å²) < 4.78 is 0. The Hall–Kier alpha value is -0.910. The lowest BCUT2D eigenvalue weighted by Gasteiger charge is -2.20. The van der Waals surface area contributed by atoms with Crippen molar-refractivity contribution in [3.63, 3.8) is 0 Å². The summed E-state index contributed by atoms with van der Waals surface area (Å²) in [4.78, 5) is 9.96. The monoisotopic (exact) mass is 305 g/mol. The molecule has 0 spiro atoms. The smallest absolute Gasteiger partial charge is 0.186 e. The van der Waals surface area contributed by atoms with Gasteiger partial charge in [-0.25, -0.2) is 4.98 Å². The Morgan fingerprint density at radius 3 is 2.85 bits per heavy atom. The van der Waals surface area contributed by atoms with Crippen LogP contribution in [0, 0.1) is 0 Å². The fourth-order valence-corrected chi connectivity index (χ4v) is 3.99. The average molecular weight is 305 g/mol. The summed E-state index contributed by atoms with van der Waals surface area (Å²) in [5.74, 6) is 0. The number of aromatic nitrogens is 1. The zero-order valence-corrected chi connectivity index (χ0v) is 13.1. The molecule has 2 aliphatic rings. The molecule has 0 radical (unpaired) electrons. The first-order valence-corrected chi connectivity index (χ1v) is 9.05. The van der Waals surface area contributed by atoms with Crippen LogP contribution in [0.1, 0.15) is 35.4 Å². The highest BCUT2D eigenvalue weighted by molar-refractivity contribution is 7.15. The van der Waals surface area contributed by atoms with E-state index >= 15 is 0 Å². The predicted octanol–water partition coefficient (Wildman–Crippen LogP) is 3.63. The fourth-order valence-electron chi connectivity index (χ4n) is 2.35. The van der Waals surface area contributed by atoms with Crippen molar-refractivity contribution in [2.45, 2.75) is 50.9 Å². The van der Waals surface area contributed by atoms with E-state index < -0.39 is 0 Å². The Labute approximate surface area is 127 Å². The van der Waals surface area contributed by atoms with E-state index in [0.717, 1.165) is 19.1 Å². The van der Waals surface area contributed by atoms with E-state index in [1.165, 1.54) is 40.6 Å². The van der Waals surface area contributed by atoms with Gasteiger partial charge in [-0.15, -0.1) is 22.7 Å². The van der Waals surface area contributed by atoms with Gasteiger partial charge in [-0.05, 0) is 37.1 Å². The summed E-state index contributed by atoms with van der Waals surface area (Å²) in [6.07, 6.45) is 7.39. The van der Waals surface area contributed by atoms with Gasteiger partial charge in [0.25, 0.3) is 0 Å². The van der Waals surface area contributed by atoms with Crippen molar-refractivity contribution in [1.29, 1.82) is 0 Å². The number of nitrogens with one attached hydrogen (secondary N) is 1. The van der Waals surface area contributed by atoms with Crippen LogP contribution in [0.4, 0.5) is 5.13 Å². The van der Waals surface area contributed by atoms with Gasteiger partial charge in [0.2, 0.25) is 0 Å². The highest BCUT2D eigenvalue weighted by Gasteiger charge is 2.31. The van der Waals surface area contributed by atoms with Crippen LogP contribution in [-0.4, -0.2) is 17.1 Å². The molecule has 3 nitrogen and oxygen atoms in total. The molecular formula is C15H19N3S2. The molecule has 5 heteroatoms. The van der Waals surface area contributed by atoms with E-state index in [0.29, 0.717) is 6.04 Å². The van der Waals surface area contributed by atoms with Gasteiger partial charge in [0.15, 0.2) is 5.13 Å². The van der Waals surface area contributed by atoms with E-state index in [-0.39, 0.29) is 0 Å². The summed E-state index contributed by atoms with van der Waals surface area (Å²) in [5, 5.41) is 6.93. The highest BCUT2D eigenvalue weighted by Crippen LogP contribution is 2.36. The van der Waals surface area contributed by atoms with Crippen molar-refractivity contribution >= 4 is 27.8 Å². The first kappa shape index (κ1) is 12.8. The van der Waals surface area contributed by atoms with Crippen LogP contribution in [0.5, 0.6) is 0 Å². The Kier molecular flexibility index (Phi) is 3.50. The minimum atomic E-state index is 0.715. The van der Waals surface area contributed by atoms with Gasteiger partial charge < -0.3 is 10.2 Å². The second-order valence-electron chi connectivity index (χ2n) is 5.70. The molecular weight excluding hydrogens is 286 g/mol. The number of hydrogen-bond donors (Lipinski definition) is 1. The van der Waals surface area contributed by atoms with E-state index in [1.54, 1.807) is 0 Å². The standard InChI is InChI=1S/C15H19N3S2/c1-2-13(19-7-1)10-18(12-5-6-12)15-17-9-14(20-15)8-16-11-3-4-11/h1-2,7,9,11-12,16H,3-6,8,10H2. The minimum Gasteiger partial charge on any atom is -0.340 e. The lowest BCUT2D eigenvalue weighted by molar-refractivity contribution is 0.694. The third-order valence-corrected chi connectivity index (χ3v) is 5.72. The SMILES string of the molecule is c1csc(CN(c2ncc(CNC3CC3)s2)C2CC2)c1. The van der Waals surface area contributed by atoms with Crippen LogP contribution in [0.2, 0.25) is 0 Å². The zero-order chi connectivity index (χ0) is 13.4. The van der Waals surface area contributed by atoms with Crippen LogP contribution in [0.25, 0.3) is 0 Å². The minimum absolute atomic E-state index is 0.715. The number of anilines is 1. The molecule has 0 aromatic carbocycles. The summed E-state index contributed by atoms with van der Waals surface area (Å²) in [5.41, 5.74) is 0. The predicted molar refractivity (Wildman–Crippen MR) is 85.5 cm³/mol. The maximum Gasteiger partial charge on any atom is 0.186 e. The molecule has 0 atom stereocenters. The first-order chi connectivity index (χ1) is 9.88. The molecule has 2 saturated carbocycles. The molecule has 2 fully saturated rings. The molecule has 2 aromatic heterocycles. The number of thiophene rings is 1. The van der Waals surface area contributed by atoms with Gasteiger partial charge in [0, 0.05) is 34.6 Å². The topological polar surface area (TPSA) is 28.2 Å². The van der Waals surface area contributed by atoms with Crippen molar-refractivity contribution in [3.05, 3.63) is 33.5 Å². The van der Waals surface area contributed by atoms with Crippen molar-refractivity contribution in [3.8, 4) is 0 Å². The normalized spacial score (nSPS) is 18.4. The van der Waals surface area contributed by atoms with Gasteiger partial charge in [-0.2, -0.15) is 0 Å². The molecule has 0 bridgehead atoms. The molecule has 1 N–H and O–H groups in total. The van der Waals surface area contributed by atoms with Gasteiger partial charge >= 0.3 is 0 Å². The van der Waals surface area contributed by atoms with Crippen molar-refractivity contribution in [1.82, 2.24) is 10.3 Å². The zero-order valence-electron chi connectivity index (χ0n) is 11.4. The van der Waals surface area contributed by atoms with Crippen molar-refractivity contribution < 1.29 is 0 Å². The van der Waals surface area contributed by atoms with Crippen molar-refractivity contribution in [2.75, 3.05) is 4.90 Å². The molecule has 0 aliphatic heterocycles. The second kappa shape index (κ2) is 5.47. The van der Waals surface area contributed by atoms with E-state index in [9.17, 15) is 0 Å². The van der Waals surface area contributed by atoms with E-state index in [4.69, 9.17) is 0 Å². The first-order valence-electron chi connectivity index (χ1n) is 7.35. The maximum absolute atomic E-state index is 4.67. The number of thiazole rings is 1. The molecule has 0 unspecified atom stereocenters. The Bertz CT molecular complexity index is 555. The van der Waals surface area contributed by atoms with Crippen LogP contribution < -0.4 is 10.2 Å². The lowest BCUT2D eigenvalue weighted by Crippen LogP contribution is -2.24. The van der Waals surface area contributed by atoms with E-state index in [1.807, 2.05) is 22.7 Å². The molecule has 2 aromatic rings. The largest absolute Gasteiger partial charge is 0.340 e. The highest BCUT2D eigenvalue weighted by atomic mass is 32.1. The molecule has 4 rings (SSSR count). The molecule has 106 valence electrons. The number of hydrogen-bond acceptors (Lipinski definition) is 5. The number of rotatable bonds is 7. The molecule has 20 heavy (non-hydrogen) atoms. The fraction of sp³-hybridized carbons (Fsp3) is 0.533. The average Bonchev–Trinajstić information content (AvgIpc) is 3.37. The number of nitrogens with zero attached hydrogens (tertiary/aromatic N) is 2. The van der Waals surface area contributed by atoms with Crippen LogP contribution >= 0.6 is 22.7 Å². The quantitative estimate of drug-likeness (QED) is 0.847. The van der Waals surface area contributed by atoms with Gasteiger partial charge in [0.05, 0.1) is 6.54 Å². The van der Waals surface area contributed by atoms with Crippen LogP contribution in [-0.2, 0) is 13.1 Å². The summed E-state index contributed by atoms with van der Waals surface area (Å²) in [7, 11) is 0. The maximum atomic E-state index is 4.67. The molecule has 2 aliphatic carbocycles. The Morgan fingerprint density at radius 2 is 2.15 bits per heavy atom. The summed E-state index contributed by atoms with van der Waals surface area (Å²) >= 11 is 3.70. The lowest BCUT2D eigenvalue weighted by atomic mass is 10.4.